The van der Waals surface area contributed by atoms with Crippen molar-refractivity contribution in [2.24, 2.45) is 0 Å². The lowest BCUT2D eigenvalue weighted by Gasteiger charge is -2.12. The number of methoxy groups -OCH3 is 1. The van der Waals surface area contributed by atoms with Crippen LogP contribution in [-0.2, 0) is 17.0 Å². The normalized spacial score (nSPS) is 11.3. The van der Waals surface area contributed by atoms with Crippen molar-refractivity contribution in [2.45, 2.75) is 30.8 Å². The number of hydrogen-bond acceptors (Lipinski definition) is 6. The van der Waals surface area contributed by atoms with Gasteiger partial charge in [-0.25, -0.2) is 14.8 Å². The average molecular weight is 443 g/mol. The number of nitrogens with zero attached hydrogens (tertiary/aromatic N) is 4. The Bertz CT molecular complexity index is 1320. The standard InChI is InChI=1S/C21H19ClN4O3S/c1-3-8-26-19(27)15-7-6-13(22)10-17(15)24-21(26)30-12-14-11-25-9-4-5-16(18(25)23-14)20(28)29-2/h4-7,9-11H,3,8,12H2,1-2H3. The van der Waals surface area contributed by atoms with Gasteiger partial charge in [0.15, 0.2) is 10.8 Å². The molecule has 0 aliphatic heterocycles. The lowest BCUT2D eigenvalue weighted by atomic mass is 10.2. The molecule has 0 atom stereocenters. The van der Waals surface area contributed by atoms with Gasteiger partial charge in [0.25, 0.3) is 5.56 Å². The lowest BCUT2D eigenvalue weighted by Crippen LogP contribution is -2.23. The molecule has 1 aromatic carbocycles. The molecule has 3 heterocycles. The second-order valence-electron chi connectivity index (χ2n) is 6.68. The molecule has 0 aliphatic rings. The van der Waals surface area contributed by atoms with E-state index in [2.05, 4.69) is 9.97 Å². The van der Waals surface area contributed by atoms with Crippen LogP contribution in [0, 0.1) is 0 Å². The largest absolute Gasteiger partial charge is 0.465 e. The van der Waals surface area contributed by atoms with Gasteiger partial charge in [-0.1, -0.05) is 30.3 Å². The SMILES string of the molecule is CCCn1c(SCc2cn3cccc(C(=O)OC)c3n2)nc2cc(Cl)ccc2c1=O. The van der Waals surface area contributed by atoms with Crippen LogP contribution in [0.15, 0.2) is 52.7 Å². The fourth-order valence-corrected chi connectivity index (χ4v) is 4.32. The van der Waals surface area contributed by atoms with E-state index in [0.717, 1.165) is 12.1 Å². The number of carbonyl (C=O) groups excluding carboxylic acids is 1. The number of rotatable bonds is 6. The highest BCUT2D eigenvalue weighted by Gasteiger charge is 2.15. The second kappa shape index (κ2) is 8.49. The summed E-state index contributed by atoms with van der Waals surface area (Å²) in [5, 5.41) is 1.70. The minimum Gasteiger partial charge on any atom is -0.465 e. The summed E-state index contributed by atoms with van der Waals surface area (Å²) in [6.07, 6.45) is 4.49. The zero-order valence-electron chi connectivity index (χ0n) is 16.5. The van der Waals surface area contributed by atoms with Gasteiger partial charge >= 0.3 is 5.97 Å². The van der Waals surface area contributed by atoms with Gasteiger partial charge in [-0.15, -0.1) is 0 Å². The summed E-state index contributed by atoms with van der Waals surface area (Å²) < 4.78 is 8.31. The van der Waals surface area contributed by atoms with Crippen molar-refractivity contribution in [3.05, 3.63) is 69.4 Å². The van der Waals surface area contributed by atoms with Gasteiger partial charge in [-0.2, -0.15) is 0 Å². The van der Waals surface area contributed by atoms with Gasteiger partial charge in [0, 0.05) is 29.7 Å². The third-order valence-electron chi connectivity index (χ3n) is 4.62. The quantitative estimate of drug-likeness (QED) is 0.253. The van der Waals surface area contributed by atoms with Crippen molar-refractivity contribution >= 4 is 45.9 Å². The van der Waals surface area contributed by atoms with Crippen LogP contribution in [0.5, 0.6) is 0 Å². The van der Waals surface area contributed by atoms with Gasteiger partial charge in [-0.3, -0.25) is 9.36 Å². The molecule has 9 heteroatoms. The number of hydrogen-bond donors (Lipinski definition) is 0. The summed E-state index contributed by atoms with van der Waals surface area (Å²) in [6.45, 7) is 2.59. The minimum absolute atomic E-state index is 0.0796. The highest BCUT2D eigenvalue weighted by molar-refractivity contribution is 7.98. The first-order valence-corrected chi connectivity index (χ1v) is 10.8. The van der Waals surface area contributed by atoms with Crippen LogP contribution in [0.25, 0.3) is 16.6 Å². The van der Waals surface area contributed by atoms with E-state index in [1.54, 1.807) is 39.3 Å². The second-order valence-corrected chi connectivity index (χ2v) is 8.06. The van der Waals surface area contributed by atoms with Gasteiger partial charge in [0.2, 0.25) is 0 Å². The Hall–Kier alpha value is -2.84. The van der Waals surface area contributed by atoms with Crippen LogP contribution >= 0.6 is 23.4 Å². The molecule has 0 aliphatic carbocycles. The fourth-order valence-electron chi connectivity index (χ4n) is 3.25. The molecule has 0 saturated carbocycles. The Labute approximate surface area is 181 Å². The first-order valence-electron chi connectivity index (χ1n) is 9.39. The number of ether oxygens (including phenoxy) is 1. The molecule has 7 nitrogen and oxygen atoms in total. The van der Waals surface area contributed by atoms with Gasteiger partial charge < -0.3 is 9.14 Å². The average Bonchev–Trinajstić information content (AvgIpc) is 3.17. The van der Waals surface area contributed by atoms with Crippen molar-refractivity contribution in [1.29, 1.82) is 0 Å². The maximum atomic E-state index is 13.0. The number of aromatic nitrogens is 4. The van der Waals surface area contributed by atoms with Crippen LogP contribution in [0.3, 0.4) is 0 Å². The predicted molar refractivity (Wildman–Crippen MR) is 117 cm³/mol. The Morgan fingerprint density at radius 3 is 2.87 bits per heavy atom. The molecule has 0 unspecified atom stereocenters. The zero-order valence-corrected chi connectivity index (χ0v) is 18.0. The van der Waals surface area contributed by atoms with Gasteiger partial charge in [0.05, 0.1) is 23.7 Å². The number of thioether (sulfide) groups is 1. The molecule has 0 spiro atoms. The topological polar surface area (TPSA) is 78.5 Å². The van der Waals surface area contributed by atoms with Crippen molar-refractivity contribution in [3.8, 4) is 0 Å². The highest BCUT2D eigenvalue weighted by atomic mass is 35.5. The summed E-state index contributed by atoms with van der Waals surface area (Å²) in [6, 6.07) is 8.56. The molecule has 0 bridgehead atoms. The molecule has 154 valence electrons. The Morgan fingerprint density at radius 2 is 2.10 bits per heavy atom. The van der Waals surface area contributed by atoms with Crippen LogP contribution in [0.4, 0.5) is 0 Å². The van der Waals surface area contributed by atoms with Crippen LogP contribution in [-0.4, -0.2) is 32.0 Å². The molecule has 0 saturated heterocycles. The number of fused-ring (bicyclic) bond motifs is 2. The summed E-state index contributed by atoms with van der Waals surface area (Å²) in [5.74, 6) is 0.0557. The van der Waals surface area contributed by atoms with Gasteiger partial charge in [0.1, 0.15) is 5.56 Å². The maximum absolute atomic E-state index is 13.0. The Kier molecular flexibility index (Phi) is 5.78. The summed E-state index contributed by atoms with van der Waals surface area (Å²) >= 11 is 7.52. The van der Waals surface area contributed by atoms with E-state index in [-0.39, 0.29) is 5.56 Å². The molecule has 3 aromatic heterocycles. The molecule has 0 amide bonds. The summed E-state index contributed by atoms with van der Waals surface area (Å²) in [5.41, 5.74) is 2.19. The smallest absolute Gasteiger partial charge is 0.341 e. The van der Waals surface area contributed by atoms with Crippen molar-refractivity contribution < 1.29 is 9.53 Å². The summed E-state index contributed by atoms with van der Waals surface area (Å²) in [4.78, 5) is 34.2. The van der Waals surface area contributed by atoms with Crippen LogP contribution < -0.4 is 5.56 Å². The number of benzene rings is 1. The highest BCUT2D eigenvalue weighted by Crippen LogP contribution is 2.24. The number of imidazole rings is 1. The number of esters is 1. The van der Waals surface area contributed by atoms with Crippen LogP contribution in [0.2, 0.25) is 5.02 Å². The van der Waals surface area contributed by atoms with E-state index in [4.69, 9.17) is 16.3 Å². The van der Waals surface area contributed by atoms with E-state index in [0.29, 0.717) is 44.6 Å². The van der Waals surface area contributed by atoms with Crippen molar-refractivity contribution in [1.82, 2.24) is 18.9 Å². The maximum Gasteiger partial charge on any atom is 0.341 e. The number of pyridine rings is 1. The molecule has 4 rings (SSSR count). The zero-order chi connectivity index (χ0) is 21.3. The molecule has 30 heavy (non-hydrogen) atoms. The fraction of sp³-hybridized carbons (Fsp3) is 0.238. The molecular weight excluding hydrogens is 424 g/mol. The van der Waals surface area contributed by atoms with Crippen molar-refractivity contribution in [3.63, 3.8) is 0 Å². The third kappa shape index (κ3) is 3.80. The first-order chi connectivity index (χ1) is 14.5. The predicted octanol–water partition coefficient (Wildman–Crippen LogP) is 4.19. The summed E-state index contributed by atoms with van der Waals surface area (Å²) in [7, 11) is 1.34. The molecule has 0 N–H and O–H groups in total. The minimum atomic E-state index is -0.435. The number of carbonyl (C=O) groups is 1. The van der Waals surface area contributed by atoms with Gasteiger partial charge in [-0.05, 0) is 36.8 Å². The first kappa shape index (κ1) is 20.4. The lowest BCUT2D eigenvalue weighted by molar-refractivity contribution is 0.0602. The van der Waals surface area contributed by atoms with E-state index in [1.165, 1.54) is 18.9 Å². The monoisotopic (exact) mass is 442 g/mol. The molecule has 4 aromatic rings. The van der Waals surface area contributed by atoms with E-state index in [1.807, 2.05) is 19.3 Å². The van der Waals surface area contributed by atoms with E-state index < -0.39 is 5.97 Å². The van der Waals surface area contributed by atoms with Crippen LogP contribution in [0.1, 0.15) is 29.4 Å². The molecular formula is C21H19ClN4O3S. The molecule has 0 fully saturated rings. The number of halogens is 1. The Morgan fingerprint density at radius 1 is 1.27 bits per heavy atom. The van der Waals surface area contributed by atoms with E-state index >= 15 is 0 Å². The molecule has 0 radical (unpaired) electrons. The Balaban J connectivity index is 1.70. The third-order valence-corrected chi connectivity index (χ3v) is 5.86. The van der Waals surface area contributed by atoms with E-state index in [9.17, 15) is 9.59 Å². The van der Waals surface area contributed by atoms with Crippen molar-refractivity contribution in [2.75, 3.05) is 7.11 Å².